The molecule has 0 unspecified atom stereocenters. The lowest BCUT2D eigenvalue weighted by molar-refractivity contribution is 0.236. The molecular formula is C15H19NO2. The first-order chi connectivity index (χ1) is 8.76. The SMILES string of the molecule is COc1cccc2cc(CNC3CC(C)C3)oc12. The fourth-order valence-corrected chi connectivity index (χ4v) is 2.65. The van der Waals surface area contributed by atoms with Crippen LogP contribution in [-0.2, 0) is 6.54 Å². The number of hydrogen-bond acceptors (Lipinski definition) is 3. The maximum atomic E-state index is 5.85. The van der Waals surface area contributed by atoms with E-state index < -0.39 is 0 Å². The number of fused-ring (bicyclic) bond motifs is 1. The van der Waals surface area contributed by atoms with Gasteiger partial charge in [-0.25, -0.2) is 0 Å². The molecule has 18 heavy (non-hydrogen) atoms. The summed E-state index contributed by atoms with van der Waals surface area (Å²) in [6.45, 7) is 3.10. The van der Waals surface area contributed by atoms with Gasteiger partial charge >= 0.3 is 0 Å². The van der Waals surface area contributed by atoms with Gasteiger partial charge in [0.1, 0.15) is 5.76 Å². The Hall–Kier alpha value is -1.48. The molecule has 0 saturated heterocycles. The first-order valence-corrected chi connectivity index (χ1v) is 6.55. The maximum Gasteiger partial charge on any atom is 0.176 e. The fourth-order valence-electron chi connectivity index (χ4n) is 2.65. The lowest BCUT2D eigenvalue weighted by atomic mass is 9.82. The van der Waals surface area contributed by atoms with E-state index >= 15 is 0 Å². The summed E-state index contributed by atoms with van der Waals surface area (Å²) in [5.41, 5.74) is 0.846. The highest BCUT2D eigenvalue weighted by atomic mass is 16.5. The standard InChI is InChI=1S/C15H19NO2/c1-10-6-12(7-10)16-9-13-8-11-4-3-5-14(17-2)15(11)18-13/h3-5,8,10,12,16H,6-7,9H2,1-2H3. The van der Waals surface area contributed by atoms with Gasteiger partial charge in [-0.05, 0) is 30.9 Å². The Morgan fingerprint density at radius 2 is 2.22 bits per heavy atom. The number of ether oxygens (including phenoxy) is 1. The smallest absolute Gasteiger partial charge is 0.176 e. The molecule has 0 spiro atoms. The lowest BCUT2D eigenvalue weighted by Crippen LogP contribution is -2.39. The predicted octanol–water partition coefficient (Wildman–Crippen LogP) is 3.33. The third-order valence-electron chi connectivity index (χ3n) is 3.72. The van der Waals surface area contributed by atoms with E-state index in [1.807, 2.05) is 12.1 Å². The summed E-state index contributed by atoms with van der Waals surface area (Å²) in [6.07, 6.45) is 2.56. The monoisotopic (exact) mass is 245 g/mol. The van der Waals surface area contributed by atoms with Crippen LogP contribution < -0.4 is 10.1 Å². The predicted molar refractivity (Wildman–Crippen MR) is 71.8 cm³/mol. The minimum absolute atomic E-state index is 0.662. The highest BCUT2D eigenvalue weighted by Crippen LogP contribution is 2.29. The van der Waals surface area contributed by atoms with Crippen LogP contribution in [0.25, 0.3) is 11.0 Å². The second-order valence-electron chi connectivity index (χ2n) is 5.25. The second kappa shape index (κ2) is 4.65. The average molecular weight is 245 g/mol. The molecule has 1 heterocycles. The van der Waals surface area contributed by atoms with Crippen molar-refractivity contribution >= 4 is 11.0 Å². The van der Waals surface area contributed by atoms with Crippen LogP contribution in [0.2, 0.25) is 0 Å². The summed E-state index contributed by atoms with van der Waals surface area (Å²) in [4.78, 5) is 0. The van der Waals surface area contributed by atoms with Gasteiger partial charge < -0.3 is 14.5 Å². The number of rotatable bonds is 4. The summed E-state index contributed by atoms with van der Waals surface area (Å²) < 4.78 is 11.1. The molecule has 1 aliphatic rings. The van der Waals surface area contributed by atoms with Gasteiger partial charge in [0, 0.05) is 11.4 Å². The van der Waals surface area contributed by atoms with Crippen molar-refractivity contribution in [3.8, 4) is 5.75 Å². The largest absolute Gasteiger partial charge is 0.493 e. The fraction of sp³-hybridized carbons (Fsp3) is 0.467. The summed E-state index contributed by atoms with van der Waals surface area (Å²) in [5, 5.41) is 4.63. The lowest BCUT2D eigenvalue weighted by Gasteiger charge is -2.33. The van der Waals surface area contributed by atoms with Crippen molar-refractivity contribution in [1.29, 1.82) is 0 Å². The molecule has 1 aromatic carbocycles. The molecule has 3 rings (SSSR count). The molecule has 3 nitrogen and oxygen atoms in total. The van der Waals surface area contributed by atoms with Gasteiger partial charge in [0.05, 0.1) is 13.7 Å². The van der Waals surface area contributed by atoms with Gasteiger partial charge in [0.2, 0.25) is 0 Å². The minimum Gasteiger partial charge on any atom is -0.493 e. The van der Waals surface area contributed by atoms with E-state index in [4.69, 9.17) is 9.15 Å². The molecule has 1 saturated carbocycles. The second-order valence-corrected chi connectivity index (χ2v) is 5.25. The highest BCUT2D eigenvalue weighted by Gasteiger charge is 2.24. The zero-order valence-corrected chi connectivity index (χ0v) is 10.9. The zero-order valence-electron chi connectivity index (χ0n) is 10.9. The van der Waals surface area contributed by atoms with Gasteiger partial charge in [-0.3, -0.25) is 0 Å². The molecule has 0 radical (unpaired) electrons. The van der Waals surface area contributed by atoms with Gasteiger partial charge in [-0.15, -0.1) is 0 Å². The topological polar surface area (TPSA) is 34.4 Å². The molecule has 0 bridgehead atoms. The Labute approximate surface area is 107 Å². The van der Waals surface area contributed by atoms with Crippen LogP contribution in [0.4, 0.5) is 0 Å². The summed E-state index contributed by atoms with van der Waals surface area (Å²) >= 11 is 0. The van der Waals surface area contributed by atoms with Gasteiger partial charge in [0.15, 0.2) is 11.3 Å². The molecule has 2 aromatic rings. The Morgan fingerprint density at radius 1 is 1.39 bits per heavy atom. The van der Waals surface area contributed by atoms with Crippen molar-refractivity contribution < 1.29 is 9.15 Å². The molecule has 0 amide bonds. The molecule has 96 valence electrons. The van der Waals surface area contributed by atoms with Crippen LogP contribution >= 0.6 is 0 Å². The third-order valence-corrected chi connectivity index (χ3v) is 3.72. The van der Waals surface area contributed by atoms with Crippen molar-refractivity contribution in [2.75, 3.05) is 7.11 Å². The molecule has 1 aromatic heterocycles. The van der Waals surface area contributed by atoms with E-state index in [0.717, 1.165) is 34.9 Å². The summed E-state index contributed by atoms with van der Waals surface area (Å²) in [7, 11) is 1.67. The molecule has 0 aliphatic heterocycles. The average Bonchev–Trinajstić information content (AvgIpc) is 2.75. The number of hydrogen-bond donors (Lipinski definition) is 1. The molecule has 0 atom stereocenters. The van der Waals surface area contributed by atoms with Crippen LogP contribution in [-0.4, -0.2) is 13.2 Å². The Bertz CT molecular complexity index is 540. The van der Waals surface area contributed by atoms with Crippen LogP contribution in [0.15, 0.2) is 28.7 Å². The van der Waals surface area contributed by atoms with E-state index in [1.165, 1.54) is 12.8 Å². The molecule has 1 aliphatic carbocycles. The van der Waals surface area contributed by atoms with Gasteiger partial charge in [0.25, 0.3) is 0 Å². The van der Waals surface area contributed by atoms with Crippen molar-refractivity contribution in [2.24, 2.45) is 5.92 Å². The minimum atomic E-state index is 0.662. The van der Waals surface area contributed by atoms with Crippen molar-refractivity contribution in [3.63, 3.8) is 0 Å². The summed E-state index contributed by atoms with van der Waals surface area (Å²) in [6, 6.07) is 8.72. The Morgan fingerprint density at radius 3 is 2.94 bits per heavy atom. The maximum absolute atomic E-state index is 5.85. The zero-order chi connectivity index (χ0) is 12.5. The first-order valence-electron chi connectivity index (χ1n) is 6.55. The van der Waals surface area contributed by atoms with Crippen molar-refractivity contribution in [2.45, 2.75) is 32.4 Å². The molecule has 1 N–H and O–H groups in total. The van der Waals surface area contributed by atoms with E-state index in [9.17, 15) is 0 Å². The number of nitrogens with one attached hydrogen (secondary N) is 1. The highest BCUT2D eigenvalue weighted by molar-refractivity contribution is 5.83. The van der Waals surface area contributed by atoms with E-state index in [2.05, 4.69) is 24.4 Å². The summed E-state index contributed by atoms with van der Waals surface area (Å²) in [5.74, 6) is 2.66. The van der Waals surface area contributed by atoms with Crippen LogP contribution in [0.1, 0.15) is 25.5 Å². The third kappa shape index (κ3) is 2.10. The first kappa shape index (κ1) is 11.6. The Kier molecular flexibility index (Phi) is 3.00. The van der Waals surface area contributed by atoms with Crippen LogP contribution in [0.5, 0.6) is 5.75 Å². The van der Waals surface area contributed by atoms with Gasteiger partial charge in [-0.2, -0.15) is 0 Å². The normalized spacial score (nSPS) is 23.0. The quantitative estimate of drug-likeness (QED) is 0.897. The molecule has 1 fully saturated rings. The van der Waals surface area contributed by atoms with Crippen molar-refractivity contribution in [1.82, 2.24) is 5.32 Å². The molecular weight excluding hydrogens is 226 g/mol. The van der Waals surface area contributed by atoms with E-state index in [0.29, 0.717) is 6.04 Å². The van der Waals surface area contributed by atoms with Crippen LogP contribution in [0.3, 0.4) is 0 Å². The number of benzene rings is 1. The Balaban J connectivity index is 1.73. The number of furan rings is 1. The van der Waals surface area contributed by atoms with Crippen molar-refractivity contribution in [3.05, 3.63) is 30.0 Å². The van der Waals surface area contributed by atoms with E-state index in [1.54, 1.807) is 7.11 Å². The van der Waals surface area contributed by atoms with E-state index in [-0.39, 0.29) is 0 Å². The van der Waals surface area contributed by atoms with Crippen LogP contribution in [0, 0.1) is 5.92 Å². The number of methoxy groups -OCH3 is 1. The number of para-hydroxylation sites is 1. The molecule has 3 heteroatoms. The van der Waals surface area contributed by atoms with Gasteiger partial charge in [-0.1, -0.05) is 19.1 Å².